The van der Waals surface area contributed by atoms with Crippen LogP contribution in [0.4, 0.5) is 0 Å². The summed E-state index contributed by atoms with van der Waals surface area (Å²) in [5, 5.41) is 9.62. The maximum atomic E-state index is 9.62. The molecule has 0 amide bonds. The first-order valence-electron chi connectivity index (χ1n) is 3.60. The van der Waals surface area contributed by atoms with E-state index in [1.807, 2.05) is 0 Å². The third-order valence-electron chi connectivity index (χ3n) is 2.17. The molecule has 0 spiro atoms. The van der Waals surface area contributed by atoms with Crippen molar-refractivity contribution >= 4 is 0 Å². The van der Waals surface area contributed by atoms with Gasteiger partial charge in [-0.25, -0.2) is 0 Å². The molecule has 0 aromatic rings. The standard InChI is InChI=1S/C8H14O2/c1-3-8(2,9)7-4-5-10-6-7/h3,7,9H,1,4-6H2,2H3. The highest BCUT2D eigenvalue weighted by molar-refractivity contribution is 4.98. The molecule has 2 atom stereocenters. The number of ether oxygens (including phenoxy) is 1. The molecule has 1 aliphatic heterocycles. The lowest BCUT2D eigenvalue weighted by Gasteiger charge is -2.24. The molecule has 1 fully saturated rings. The molecule has 1 aliphatic rings. The highest BCUT2D eigenvalue weighted by atomic mass is 16.5. The van der Waals surface area contributed by atoms with Crippen LogP contribution in [0.15, 0.2) is 12.7 Å². The Kier molecular flexibility index (Phi) is 2.11. The summed E-state index contributed by atoms with van der Waals surface area (Å²) in [4.78, 5) is 0. The van der Waals surface area contributed by atoms with Gasteiger partial charge in [-0.2, -0.15) is 0 Å². The molecular formula is C8H14O2. The summed E-state index contributed by atoms with van der Waals surface area (Å²) in [6, 6.07) is 0. The van der Waals surface area contributed by atoms with E-state index in [-0.39, 0.29) is 5.92 Å². The predicted octanol–water partition coefficient (Wildman–Crippen LogP) is 0.960. The van der Waals surface area contributed by atoms with Crippen LogP contribution in [0.25, 0.3) is 0 Å². The topological polar surface area (TPSA) is 29.5 Å². The maximum Gasteiger partial charge on any atom is 0.0847 e. The van der Waals surface area contributed by atoms with Crippen LogP contribution in [0.2, 0.25) is 0 Å². The second-order valence-corrected chi connectivity index (χ2v) is 2.99. The Morgan fingerprint density at radius 1 is 1.80 bits per heavy atom. The van der Waals surface area contributed by atoms with Gasteiger partial charge in [-0.1, -0.05) is 6.08 Å². The Balaban J connectivity index is 2.53. The molecule has 1 saturated heterocycles. The Bertz CT molecular complexity index is 123. The SMILES string of the molecule is C=CC(C)(O)C1CCOC1. The van der Waals surface area contributed by atoms with E-state index in [1.54, 1.807) is 13.0 Å². The molecule has 2 unspecified atom stereocenters. The first-order valence-corrected chi connectivity index (χ1v) is 3.60. The van der Waals surface area contributed by atoms with Gasteiger partial charge in [0.05, 0.1) is 12.2 Å². The van der Waals surface area contributed by atoms with Crippen molar-refractivity contribution in [2.75, 3.05) is 13.2 Å². The van der Waals surface area contributed by atoms with Gasteiger partial charge in [-0.05, 0) is 13.3 Å². The predicted molar refractivity (Wildman–Crippen MR) is 39.7 cm³/mol. The molecule has 58 valence electrons. The van der Waals surface area contributed by atoms with E-state index in [0.717, 1.165) is 13.0 Å². The van der Waals surface area contributed by atoms with Gasteiger partial charge in [0.15, 0.2) is 0 Å². The Morgan fingerprint density at radius 2 is 2.50 bits per heavy atom. The maximum absolute atomic E-state index is 9.62. The summed E-state index contributed by atoms with van der Waals surface area (Å²) in [6.07, 6.45) is 2.53. The van der Waals surface area contributed by atoms with Gasteiger partial charge in [0, 0.05) is 12.5 Å². The monoisotopic (exact) mass is 142 g/mol. The summed E-state index contributed by atoms with van der Waals surface area (Å²) < 4.78 is 5.14. The van der Waals surface area contributed by atoms with E-state index >= 15 is 0 Å². The fourth-order valence-electron chi connectivity index (χ4n) is 1.16. The largest absolute Gasteiger partial charge is 0.386 e. The fraction of sp³-hybridized carbons (Fsp3) is 0.750. The van der Waals surface area contributed by atoms with Crippen LogP contribution >= 0.6 is 0 Å². The van der Waals surface area contributed by atoms with Crippen LogP contribution in [-0.2, 0) is 4.74 Å². The zero-order valence-electron chi connectivity index (χ0n) is 6.34. The number of aliphatic hydroxyl groups is 1. The van der Waals surface area contributed by atoms with Crippen molar-refractivity contribution < 1.29 is 9.84 Å². The molecule has 1 heterocycles. The quantitative estimate of drug-likeness (QED) is 0.582. The van der Waals surface area contributed by atoms with Crippen LogP contribution in [0.3, 0.4) is 0 Å². The highest BCUT2D eigenvalue weighted by Gasteiger charge is 2.31. The number of rotatable bonds is 2. The molecule has 0 aromatic carbocycles. The van der Waals surface area contributed by atoms with E-state index in [4.69, 9.17) is 4.74 Å². The first-order chi connectivity index (χ1) is 4.67. The zero-order valence-corrected chi connectivity index (χ0v) is 6.34. The van der Waals surface area contributed by atoms with Gasteiger partial charge in [0.2, 0.25) is 0 Å². The van der Waals surface area contributed by atoms with Crippen molar-refractivity contribution in [3.8, 4) is 0 Å². The van der Waals surface area contributed by atoms with Crippen molar-refractivity contribution in [1.29, 1.82) is 0 Å². The van der Waals surface area contributed by atoms with Crippen LogP contribution in [0.5, 0.6) is 0 Å². The van der Waals surface area contributed by atoms with Crippen molar-refractivity contribution in [1.82, 2.24) is 0 Å². The summed E-state index contributed by atoms with van der Waals surface area (Å²) in [5.41, 5.74) is -0.740. The molecule has 2 heteroatoms. The smallest absolute Gasteiger partial charge is 0.0847 e. The van der Waals surface area contributed by atoms with Gasteiger partial charge in [0.25, 0.3) is 0 Å². The van der Waals surface area contributed by atoms with Crippen molar-refractivity contribution in [3.05, 3.63) is 12.7 Å². The highest BCUT2D eigenvalue weighted by Crippen LogP contribution is 2.25. The average Bonchev–Trinajstić information content (AvgIpc) is 2.38. The van der Waals surface area contributed by atoms with Gasteiger partial charge in [0.1, 0.15) is 0 Å². The van der Waals surface area contributed by atoms with Crippen molar-refractivity contribution in [2.45, 2.75) is 18.9 Å². The second-order valence-electron chi connectivity index (χ2n) is 2.99. The summed E-state index contributed by atoms with van der Waals surface area (Å²) in [5.74, 6) is 0.241. The summed E-state index contributed by atoms with van der Waals surface area (Å²) in [7, 11) is 0. The lowest BCUT2D eigenvalue weighted by Crippen LogP contribution is -2.32. The fourth-order valence-corrected chi connectivity index (χ4v) is 1.16. The molecule has 1 N–H and O–H groups in total. The van der Waals surface area contributed by atoms with Crippen LogP contribution in [-0.4, -0.2) is 23.9 Å². The van der Waals surface area contributed by atoms with Gasteiger partial charge in [-0.15, -0.1) is 6.58 Å². The third-order valence-corrected chi connectivity index (χ3v) is 2.17. The molecule has 0 aromatic heterocycles. The normalized spacial score (nSPS) is 31.6. The van der Waals surface area contributed by atoms with E-state index < -0.39 is 5.60 Å². The summed E-state index contributed by atoms with van der Waals surface area (Å²) in [6.45, 7) is 6.79. The Labute approximate surface area is 61.5 Å². The minimum Gasteiger partial charge on any atom is -0.386 e. The molecule has 0 radical (unpaired) electrons. The molecule has 1 rings (SSSR count). The summed E-state index contributed by atoms with van der Waals surface area (Å²) >= 11 is 0. The molecule has 2 nitrogen and oxygen atoms in total. The minimum atomic E-state index is -0.740. The average molecular weight is 142 g/mol. The number of hydrogen-bond donors (Lipinski definition) is 1. The first kappa shape index (κ1) is 7.76. The van der Waals surface area contributed by atoms with Gasteiger partial charge in [-0.3, -0.25) is 0 Å². The minimum absolute atomic E-state index is 0.241. The Morgan fingerprint density at radius 3 is 2.90 bits per heavy atom. The van der Waals surface area contributed by atoms with E-state index in [0.29, 0.717) is 6.61 Å². The van der Waals surface area contributed by atoms with E-state index in [1.165, 1.54) is 0 Å². The van der Waals surface area contributed by atoms with Gasteiger partial charge >= 0.3 is 0 Å². The second kappa shape index (κ2) is 2.72. The van der Waals surface area contributed by atoms with Gasteiger partial charge < -0.3 is 9.84 Å². The molecular weight excluding hydrogens is 128 g/mol. The van der Waals surface area contributed by atoms with Crippen molar-refractivity contribution in [2.24, 2.45) is 5.92 Å². The van der Waals surface area contributed by atoms with Crippen LogP contribution in [0.1, 0.15) is 13.3 Å². The van der Waals surface area contributed by atoms with E-state index in [9.17, 15) is 5.11 Å². The third kappa shape index (κ3) is 1.39. The Hall–Kier alpha value is -0.340. The lowest BCUT2D eigenvalue weighted by molar-refractivity contribution is 0.0391. The lowest BCUT2D eigenvalue weighted by atomic mass is 9.89. The van der Waals surface area contributed by atoms with Crippen LogP contribution in [0, 0.1) is 5.92 Å². The molecule has 0 bridgehead atoms. The molecule has 10 heavy (non-hydrogen) atoms. The number of hydrogen-bond acceptors (Lipinski definition) is 2. The zero-order chi connectivity index (χ0) is 7.61. The molecule has 0 aliphatic carbocycles. The molecule has 0 saturated carbocycles. The van der Waals surface area contributed by atoms with Crippen LogP contribution < -0.4 is 0 Å². The van der Waals surface area contributed by atoms with E-state index in [2.05, 4.69) is 6.58 Å². The van der Waals surface area contributed by atoms with Crippen molar-refractivity contribution in [3.63, 3.8) is 0 Å².